The molecule has 2 aliphatic rings. The van der Waals surface area contributed by atoms with Gasteiger partial charge in [0.25, 0.3) is 0 Å². The Labute approximate surface area is 278 Å². The fourth-order valence-electron chi connectivity index (χ4n) is 6.03. The lowest BCUT2D eigenvalue weighted by molar-refractivity contribution is 0.0570. The Kier molecular flexibility index (Phi) is 8.86. The number of anilines is 4. The molecule has 6 rings (SSSR count). The third-order valence-corrected chi connectivity index (χ3v) is 9.09. The highest BCUT2D eigenvalue weighted by Crippen LogP contribution is 2.38. The van der Waals surface area contributed by atoms with Gasteiger partial charge in [-0.1, -0.05) is 35.3 Å². The number of hydrazine groups is 2. The topological polar surface area (TPSA) is 117 Å². The molecule has 0 saturated carbocycles. The van der Waals surface area contributed by atoms with Gasteiger partial charge < -0.3 is 21.8 Å². The second-order valence-corrected chi connectivity index (χ2v) is 13.4. The number of hydrogen-bond donors (Lipinski definition) is 5. The molecule has 4 aromatic rings. The first-order valence-electron chi connectivity index (χ1n) is 15.1. The normalized spacial score (nSPS) is 16.5. The molecule has 6 N–H and O–H groups in total. The fraction of sp³-hybridized carbons (Fsp3) is 0.294. The second-order valence-electron chi connectivity index (χ2n) is 12.6. The highest BCUT2D eigenvalue weighted by Gasteiger charge is 2.32. The van der Waals surface area contributed by atoms with E-state index in [1.165, 1.54) is 18.3 Å². The number of piperidine rings is 1. The smallest absolute Gasteiger partial charge is 0.141 e. The molecule has 3 heterocycles. The summed E-state index contributed by atoms with van der Waals surface area (Å²) in [6.45, 7) is 8.84. The Morgan fingerprint density at radius 2 is 1.83 bits per heavy atom. The van der Waals surface area contributed by atoms with E-state index >= 15 is 0 Å². The standard InChI is InChI=1S/C34H36Cl2FN9/c1-34(2,3)45-11-9-25(10-12-45)46-19-30(43-44-46)32(20-5-4-6-22(39)13-20)42-24-14-26-31(41-23-7-8-29(37)27(35)15-23)21(17-38)18-40-33(26)28(36)16-24/h4-8,13-16,18-19,25,32,42-44H,9-12,39H2,1-3H3,(H,40,41)/t32-/m0/s1. The number of aromatic nitrogens is 1. The molecule has 1 aromatic heterocycles. The van der Waals surface area contributed by atoms with E-state index in [4.69, 9.17) is 28.9 Å². The van der Waals surface area contributed by atoms with Crippen molar-refractivity contribution < 1.29 is 4.39 Å². The predicted octanol–water partition coefficient (Wildman–Crippen LogP) is 7.46. The number of nitrogen functional groups attached to an aromatic ring is 1. The van der Waals surface area contributed by atoms with Gasteiger partial charge in [0, 0.05) is 59.5 Å². The number of nitrogens with two attached hydrogens (primary N) is 1. The van der Waals surface area contributed by atoms with Crippen molar-refractivity contribution in [2.24, 2.45) is 0 Å². The molecule has 2 aliphatic heterocycles. The molecule has 1 atom stereocenters. The zero-order valence-electron chi connectivity index (χ0n) is 25.8. The van der Waals surface area contributed by atoms with Crippen molar-refractivity contribution in [3.05, 3.63) is 99.7 Å². The summed E-state index contributed by atoms with van der Waals surface area (Å²) >= 11 is 12.8. The molecular weight excluding hydrogens is 624 g/mol. The monoisotopic (exact) mass is 659 g/mol. The van der Waals surface area contributed by atoms with Crippen molar-refractivity contribution in [2.75, 3.05) is 29.5 Å². The highest BCUT2D eigenvalue weighted by atomic mass is 35.5. The summed E-state index contributed by atoms with van der Waals surface area (Å²) < 4.78 is 13.9. The van der Waals surface area contributed by atoms with Crippen LogP contribution in [0.25, 0.3) is 10.9 Å². The first-order chi connectivity index (χ1) is 22.0. The maximum atomic E-state index is 13.9. The Morgan fingerprint density at radius 1 is 1.07 bits per heavy atom. The quantitative estimate of drug-likeness (QED) is 0.129. The van der Waals surface area contributed by atoms with Gasteiger partial charge in [0.05, 0.1) is 38.6 Å². The minimum atomic E-state index is -0.535. The average molecular weight is 661 g/mol. The lowest BCUT2D eigenvalue weighted by Crippen LogP contribution is -2.52. The SMILES string of the molecule is CC(C)(C)N1CCC(N2C=C([C@@H](Nc3cc(Cl)c4ncc(C#N)c(Nc5ccc(F)c(Cl)c5)c4c3)c3cccc(N)c3)NN2)CC1. The zero-order chi connectivity index (χ0) is 32.6. The number of likely N-dealkylation sites (tertiary alicyclic amines) is 1. The first-order valence-corrected chi connectivity index (χ1v) is 15.9. The number of pyridine rings is 1. The van der Waals surface area contributed by atoms with Gasteiger partial charge in [-0.25, -0.2) is 4.39 Å². The number of fused-ring (bicyclic) bond motifs is 1. The van der Waals surface area contributed by atoms with E-state index in [0.717, 1.165) is 37.2 Å². The van der Waals surface area contributed by atoms with Gasteiger partial charge in [-0.3, -0.25) is 14.9 Å². The van der Waals surface area contributed by atoms with Crippen LogP contribution in [0.15, 0.2) is 72.7 Å². The Bertz CT molecular complexity index is 1840. The number of nitrogens with zero attached hydrogens (tertiary/aromatic N) is 4. The van der Waals surface area contributed by atoms with Gasteiger partial charge in [-0.15, -0.1) is 5.53 Å². The summed E-state index contributed by atoms with van der Waals surface area (Å²) in [7, 11) is 0. The van der Waals surface area contributed by atoms with Gasteiger partial charge in [0.1, 0.15) is 11.9 Å². The van der Waals surface area contributed by atoms with Gasteiger partial charge in [-0.05, 0) is 81.6 Å². The summed E-state index contributed by atoms with van der Waals surface area (Å²) in [5.74, 6) is -0.535. The number of halogens is 3. The molecule has 46 heavy (non-hydrogen) atoms. The molecule has 0 bridgehead atoms. The van der Waals surface area contributed by atoms with Crippen LogP contribution in [0.1, 0.15) is 50.8 Å². The summed E-state index contributed by atoms with van der Waals surface area (Å²) in [5, 5.41) is 19.9. The zero-order valence-corrected chi connectivity index (χ0v) is 27.3. The van der Waals surface area contributed by atoms with E-state index in [9.17, 15) is 9.65 Å². The third kappa shape index (κ3) is 6.64. The molecule has 238 valence electrons. The third-order valence-electron chi connectivity index (χ3n) is 8.51. The molecule has 1 fully saturated rings. The van der Waals surface area contributed by atoms with Crippen molar-refractivity contribution in [3.8, 4) is 6.07 Å². The van der Waals surface area contributed by atoms with Gasteiger partial charge in [0.15, 0.2) is 0 Å². The lowest BCUT2D eigenvalue weighted by atomic mass is 9.97. The van der Waals surface area contributed by atoms with Crippen LogP contribution < -0.4 is 27.3 Å². The van der Waals surface area contributed by atoms with E-state index < -0.39 is 5.82 Å². The largest absolute Gasteiger partial charge is 0.399 e. The summed E-state index contributed by atoms with van der Waals surface area (Å²) in [4.78, 5) is 6.99. The average Bonchev–Trinajstić information content (AvgIpc) is 3.52. The van der Waals surface area contributed by atoms with Crippen molar-refractivity contribution >= 4 is 56.9 Å². The van der Waals surface area contributed by atoms with Gasteiger partial charge in [-0.2, -0.15) is 5.26 Å². The second kappa shape index (κ2) is 12.9. The number of nitrogens with one attached hydrogen (secondary N) is 4. The summed E-state index contributed by atoms with van der Waals surface area (Å²) in [6, 6.07) is 17.9. The van der Waals surface area contributed by atoms with Crippen LogP contribution in [0.4, 0.5) is 27.1 Å². The minimum absolute atomic E-state index is 0.0352. The number of benzene rings is 3. The van der Waals surface area contributed by atoms with Crippen LogP contribution in [0.2, 0.25) is 10.0 Å². The highest BCUT2D eigenvalue weighted by molar-refractivity contribution is 6.36. The molecule has 9 nitrogen and oxygen atoms in total. The van der Waals surface area contributed by atoms with Crippen LogP contribution in [0.3, 0.4) is 0 Å². The Hall–Kier alpha value is -4.27. The molecule has 3 aromatic carbocycles. The van der Waals surface area contributed by atoms with E-state index in [2.05, 4.69) is 69.5 Å². The maximum absolute atomic E-state index is 13.9. The number of rotatable bonds is 7. The summed E-state index contributed by atoms with van der Waals surface area (Å²) in [5.41, 5.74) is 18.1. The Morgan fingerprint density at radius 3 is 2.52 bits per heavy atom. The molecule has 0 radical (unpaired) electrons. The van der Waals surface area contributed by atoms with Crippen LogP contribution in [-0.4, -0.2) is 39.6 Å². The van der Waals surface area contributed by atoms with Crippen LogP contribution in [0.5, 0.6) is 0 Å². The van der Waals surface area contributed by atoms with Crippen LogP contribution >= 0.6 is 23.2 Å². The molecule has 0 unspecified atom stereocenters. The van der Waals surface area contributed by atoms with Gasteiger partial charge >= 0.3 is 0 Å². The maximum Gasteiger partial charge on any atom is 0.141 e. The van der Waals surface area contributed by atoms with Crippen LogP contribution in [-0.2, 0) is 0 Å². The molecule has 1 saturated heterocycles. The van der Waals surface area contributed by atoms with Crippen molar-refractivity contribution in [2.45, 2.75) is 51.2 Å². The van der Waals surface area contributed by atoms with E-state index in [-0.39, 0.29) is 16.6 Å². The van der Waals surface area contributed by atoms with E-state index in [1.807, 2.05) is 36.4 Å². The van der Waals surface area contributed by atoms with Gasteiger partial charge in [0.2, 0.25) is 0 Å². The number of hydrogen-bond acceptors (Lipinski definition) is 9. The molecule has 0 amide bonds. The minimum Gasteiger partial charge on any atom is -0.399 e. The fourth-order valence-corrected chi connectivity index (χ4v) is 6.48. The van der Waals surface area contributed by atoms with E-state index in [1.54, 1.807) is 6.07 Å². The predicted molar refractivity (Wildman–Crippen MR) is 184 cm³/mol. The van der Waals surface area contributed by atoms with E-state index in [0.29, 0.717) is 50.3 Å². The molecule has 0 spiro atoms. The number of nitriles is 1. The van der Waals surface area contributed by atoms with Crippen molar-refractivity contribution in [1.82, 2.24) is 25.9 Å². The van der Waals surface area contributed by atoms with Crippen molar-refractivity contribution in [1.29, 1.82) is 5.26 Å². The summed E-state index contributed by atoms with van der Waals surface area (Å²) in [6.07, 6.45) is 5.65. The molecule has 12 heteroatoms. The Balaban J connectivity index is 1.34. The lowest BCUT2D eigenvalue weighted by Gasteiger charge is -2.42. The van der Waals surface area contributed by atoms with Crippen LogP contribution in [0, 0.1) is 17.1 Å². The first kappa shape index (κ1) is 31.7. The molecular formula is C34H36Cl2FN9. The van der Waals surface area contributed by atoms with Crippen molar-refractivity contribution in [3.63, 3.8) is 0 Å². The molecule has 0 aliphatic carbocycles.